The van der Waals surface area contributed by atoms with Crippen LogP contribution in [0.5, 0.6) is 0 Å². The molecule has 2 amide bonds. The molecule has 0 fully saturated rings. The molecule has 1 unspecified atom stereocenters. The Hall–Kier alpha value is -2.62. The zero-order valence-electron chi connectivity index (χ0n) is 13.9. The summed E-state index contributed by atoms with van der Waals surface area (Å²) in [7, 11) is 0. The fraction of sp³-hybridized carbons (Fsp3) is 0.300. The minimum absolute atomic E-state index is 0.0623. The van der Waals surface area contributed by atoms with E-state index in [9.17, 15) is 9.59 Å². The van der Waals surface area contributed by atoms with Crippen LogP contribution in [-0.4, -0.2) is 29.8 Å². The van der Waals surface area contributed by atoms with Crippen LogP contribution in [0.4, 0.5) is 0 Å². The first kappa shape index (κ1) is 16.2. The molecule has 0 aromatic heterocycles. The number of rotatable bonds is 4. The molecule has 0 aliphatic carbocycles. The van der Waals surface area contributed by atoms with Crippen LogP contribution in [0, 0.1) is 0 Å². The van der Waals surface area contributed by atoms with Crippen molar-refractivity contribution in [2.45, 2.75) is 25.8 Å². The van der Waals surface area contributed by atoms with Gasteiger partial charge in [0.2, 0.25) is 11.8 Å². The molecule has 1 N–H and O–H groups in total. The Labute approximate surface area is 142 Å². The Morgan fingerprint density at radius 3 is 2.54 bits per heavy atom. The number of benzene rings is 2. The zero-order chi connectivity index (χ0) is 16.9. The van der Waals surface area contributed by atoms with E-state index in [0.29, 0.717) is 13.1 Å². The van der Waals surface area contributed by atoms with Crippen LogP contribution in [0.2, 0.25) is 0 Å². The average molecular weight is 322 g/mol. The fourth-order valence-electron chi connectivity index (χ4n) is 3.26. The fourth-order valence-corrected chi connectivity index (χ4v) is 3.26. The minimum Gasteiger partial charge on any atom is -0.354 e. The van der Waals surface area contributed by atoms with E-state index >= 15 is 0 Å². The lowest BCUT2D eigenvalue weighted by Gasteiger charge is -2.35. The number of hydrogen-bond donors (Lipinski definition) is 1. The molecule has 4 heteroatoms. The number of nitrogens with one attached hydrogen (secondary N) is 1. The maximum absolute atomic E-state index is 12.8. The second kappa shape index (κ2) is 7.30. The van der Waals surface area contributed by atoms with Gasteiger partial charge < -0.3 is 10.2 Å². The van der Waals surface area contributed by atoms with Crippen molar-refractivity contribution in [3.8, 4) is 0 Å². The largest absolute Gasteiger partial charge is 0.354 e. The maximum Gasteiger partial charge on any atom is 0.247 e. The van der Waals surface area contributed by atoms with Gasteiger partial charge in [0.15, 0.2) is 0 Å². The van der Waals surface area contributed by atoms with Gasteiger partial charge in [-0.05, 0) is 29.5 Å². The standard InChI is InChI=1S/C20H22N2O2/c1-15(23)22-14-12-17-9-5-6-10-18(17)19(22)20(24)21-13-11-16-7-3-2-4-8-16/h2-10,19H,11-14H2,1H3,(H,21,24). The second-order valence-corrected chi connectivity index (χ2v) is 6.09. The lowest BCUT2D eigenvalue weighted by molar-refractivity contribution is -0.139. The second-order valence-electron chi connectivity index (χ2n) is 6.09. The first-order valence-electron chi connectivity index (χ1n) is 8.33. The highest BCUT2D eigenvalue weighted by molar-refractivity contribution is 5.88. The molecule has 2 aromatic carbocycles. The molecule has 124 valence electrons. The van der Waals surface area contributed by atoms with Crippen LogP contribution >= 0.6 is 0 Å². The summed E-state index contributed by atoms with van der Waals surface area (Å²) in [5, 5.41) is 2.99. The van der Waals surface area contributed by atoms with Crippen molar-refractivity contribution in [1.29, 1.82) is 0 Å². The van der Waals surface area contributed by atoms with Gasteiger partial charge >= 0.3 is 0 Å². The van der Waals surface area contributed by atoms with Gasteiger partial charge in [0.1, 0.15) is 6.04 Å². The smallest absolute Gasteiger partial charge is 0.247 e. The molecule has 2 aromatic rings. The van der Waals surface area contributed by atoms with E-state index in [1.54, 1.807) is 4.90 Å². The normalized spacial score (nSPS) is 16.4. The number of hydrogen-bond acceptors (Lipinski definition) is 2. The van der Waals surface area contributed by atoms with Gasteiger partial charge in [0, 0.05) is 20.0 Å². The van der Waals surface area contributed by atoms with E-state index < -0.39 is 6.04 Å². The molecular formula is C20H22N2O2. The summed E-state index contributed by atoms with van der Waals surface area (Å²) in [6.45, 7) is 2.68. The summed E-state index contributed by atoms with van der Waals surface area (Å²) in [6.07, 6.45) is 1.57. The van der Waals surface area contributed by atoms with Gasteiger partial charge in [-0.15, -0.1) is 0 Å². The predicted octanol–water partition coefficient (Wildman–Crippen LogP) is 2.49. The topological polar surface area (TPSA) is 49.4 Å². The van der Waals surface area contributed by atoms with Crippen LogP contribution in [0.3, 0.4) is 0 Å². The van der Waals surface area contributed by atoms with Crippen molar-refractivity contribution in [1.82, 2.24) is 10.2 Å². The molecule has 0 saturated heterocycles. The predicted molar refractivity (Wildman–Crippen MR) is 93.4 cm³/mol. The molecule has 0 bridgehead atoms. The summed E-state index contributed by atoms with van der Waals surface area (Å²) in [5.41, 5.74) is 3.28. The van der Waals surface area contributed by atoms with E-state index in [0.717, 1.165) is 24.0 Å². The lowest BCUT2D eigenvalue weighted by Crippen LogP contribution is -2.46. The quantitative estimate of drug-likeness (QED) is 0.940. The van der Waals surface area contributed by atoms with Crippen molar-refractivity contribution in [3.63, 3.8) is 0 Å². The van der Waals surface area contributed by atoms with Gasteiger partial charge in [-0.2, -0.15) is 0 Å². The molecular weight excluding hydrogens is 300 g/mol. The van der Waals surface area contributed by atoms with E-state index in [1.165, 1.54) is 12.5 Å². The number of amides is 2. The Bertz CT molecular complexity index is 727. The van der Waals surface area contributed by atoms with Gasteiger partial charge in [-0.1, -0.05) is 54.6 Å². The number of carbonyl (C=O) groups is 2. The van der Waals surface area contributed by atoms with Crippen LogP contribution in [0.25, 0.3) is 0 Å². The first-order valence-corrected chi connectivity index (χ1v) is 8.33. The molecule has 1 atom stereocenters. The summed E-state index contributed by atoms with van der Waals surface area (Å²) in [6, 6.07) is 17.4. The number of fused-ring (bicyclic) bond motifs is 1. The van der Waals surface area contributed by atoms with Gasteiger partial charge in [-0.3, -0.25) is 9.59 Å². The highest BCUT2D eigenvalue weighted by atomic mass is 16.2. The van der Waals surface area contributed by atoms with E-state index in [2.05, 4.69) is 5.32 Å². The molecule has 3 rings (SSSR count). The van der Waals surface area contributed by atoms with Crippen molar-refractivity contribution in [2.24, 2.45) is 0 Å². The highest BCUT2D eigenvalue weighted by Gasteiger charge is 2.33. The Kier molecular flexibility index (Phi) is 4.94. The molecule has 1 aliphatic rings. The molecule has 1 heterocycles. The number of nitrogens with zero attached hydrogens (tertiary/aromatic N) is 1. The zero-order valence-corrected chi connectivity index (χ0v) is 13.9. The summed E-state index contributed by atoms with van der Waals surface area (Å²) in [4.78, 5) is 26.4. The molecule has 0 saturated carbocycles. The van der Waals surface area contributed by atoms with Gasteiger partial charge in [0.25, 0.3) is 0 Å². The van der Waals surface area contributed by atoms with Crippen LogP contribution in [-0.2, 0) is 22.4 Å². The molecule has 1 aliphatic heterocycles. The Morgan fingerprint density at radius 2 is 1.79 bits per heavy atom. The third-order valence-electron chi connectivity index (χ3n) is 4.49. The van der Waals surface area contributed by atoms with Crippen LogP contribution in [0.15, 0.2) is 54.6 Å². The third kappa shape index (κ3) is 3.48. The molecule has 0 radical (unpaired) electrons. The van der Waals surface area contributed by atoms with E-state index in [4.69, 9.17) is 0 Å². The average Bonchev–Trinajstić information content (AvgIpc) is 2.61. The molecule has 0 spiro atoms. The van der Waals surface area contributed by atoms with Crippen molar-refractivity contribution < 1.29 is 9.59 Å². The maximum atomic E-state index is 12.8. The minimum atomic E-state index is -0.525. The SMILES string of the molecule is CC(=O)N1CCc2ccccc2C1C(=O)NCCc1ccccc1. The first-order chi connectivity index (χ1) is 11.7. The summed E-state index contributed by atoms with van der Waals surface area (Å²) < 4.78 is 0. The van der Waals surface area contributed by atoms with Crippen molar-refractivity contribution in [3.05, 3.63) is 71.3 Å². The van der Waals surface area contributed by atoms with Crippen LogP contribution < -0.4 is 5.32 Å². The number of carbonyl (C=O) groups excluding carboxylic acids is 2. The summed E-state index contributed by atoms with van der Waals surface area (Å²) >= 11 is 0. The van der Waals surface area contributed by atoms with E-state index in [1.807, 2.05) is 54.6 Å². The molecule has 4 nitrogen and oxygen atoms in total. The van der Waals surface area contributed by atoms with Crippen molar-refractivity contribution in [2.75, 3.05) is 13.1 Å². The van der Waals surface area contributed by atoms with Gasteiger partial charge in [0.05, 0.1) is 0 Å². The van der Waals surface area contributed by atoms with Gasteiger partial charge in [-0.25, -0.2) is 0 Å². The Morgan fingerprint density at radius 1 is 1.08 bits per heavy atom. The van der Waals surface area contributed by atoms with Crippen molar-refractivity contribution >= 4 is 11.8 Å². The summed E-state index contributed by atoms with van der Waals surface area (Å²) in [5.74, 6) is -0.166. The Balaban J connectivity index is 1.72. The third-order valence-corrected chi connectivity index (χ3v) is 4.49. The highest BCUT2D eigenvalue weighted by Crippen LogP contribution is 2.29. The molecule has 24 heavy (non-hydrogen) atoms. The monoisotopic (exact) mass is 322 g/mol. The van der Waals surface area contributed by atoms with E-state index in [-0.39, 0.29) is 11.8 Å². The lowest BCUT2D eigenvalue weighted by atomic mass is 9.92. The van der Waals surface area contributed by atoms with Crippen LogP contribution in [0.1, 0.15) is 29.7 Å².